The zero-order valence-electron chi connectivity index (χ0n) is 32.0. The highest BCUT2D eigenvalue weighted by molar-refractivity contribution is 7.92. The maximum Gasteiger partial charge on any atom is 0.290 e. The number of nitrogens with one attached hydrogen (secondary N) is 2. The van der Waals surface area contributed by atoms with Gasteiger partial charge in [0, 0.05) is 23.5 Å². The minimum Gasteiger partial charge on any atom is -0.482 e. The third-order valence-electron chi connectivity index (χ3n) is 9.58. The Bertz CT molecular complexity index is 2430. The molecule has 1 aliphatic carbocycles. The molecule has 1 aliphatic heterocycles. The molecule has 0 bridgehead atoms. The topological polar surface area (TPSA) is 146 Å². The fourth-order valence-electron chi connectivity index (χ4n) is 7.27. The third kappa shape index (κ3) is 8.50. The van der Waals surface area contributed by atoms with Crippen molar-refractivity contribution in [1.29, 1.82) is 0 Å². The highest BCUT2D eigenvalue weighted by atomic mass is 32.2. The second kappa shape index (κ2) is 14.8. The van der Waals surface area contributed by atoms with E-state index < -0.39 is 87.1 Å². The summed E-state index contributed by atoms with van der Waals surface area (Å²) in [7, 11) is -2.47. The van der Waals surface area contributed by atoms with Gasteiger partial charge in [0.15, 0.2) is 11.7 Å². The Balaban J connectivity index is 1.52. The number of ether oxygens (including phenoxy) is 1. The van der Waals surface area contributed by atoms with Crippen molar-refractivity contribution in [2.45, 2.75) is 90.1 Å². The molecular formula is C38H40F6N8O4S. The average molecular weight is 819 g/mol. The van der Waals surface area contributed by atoms with Crippen molar-refractivity contribution in [1.82, 2.24) is 34.8 Å². The molecule has 0 fully saturated rings. The van der Waals surface area contributed by atoms with Gasteiger partial charge < -0.3 is 10.1 Å². The van der Waals surface area contributed by atoms with Crippen molar-refractivity contribution < 1.29 is 44.3 Å². The maximum atomic E-state index is 15.2. The zero-order valence-corrected chi connectivity index (χ0v) is 32.8. The van der Waals surface area contributed by atoms with Crippen molar-refractivity contribution in [2.75, 3.05) is 18.1 Å². The van der Waals surface area contributed by atoms with Crippen LogP contribution < -0.4 is 10.0 Å². The van der Waals surface area contributed by atoms with Gasteiger partial charge in [0.1, 0.15) is 35.3 Å². The number of hydrogen-bond donors (Lipinski definition) is 2. The van der Waals surface area contributed by atoms with Crippen LogP contribution in [0, 0.1) is 28.9 Å². The van der Waals surface area contributed by atoms with Crippen LogP contribution >= 0.6 is 0 Å². The Hall–Kier alpha value is -5.38. The smallest absolute Gasteiger partial charge is 0.290 e. The highest BCUT2D eigenvalue weighted by Crippen LogP contribution is 2.51. The number of rotatable bonds is 11. The van der Waals surface area contributed by atoms with Gasteiger partial charge in [-0.1, -0.05) is 18.9 Å². The van der Waals surface area contributed by atoms with Crippen molar-refractivity contribution in [2.24, 2.45) is 5.41 Å². The molecule has 3 aromatic heterocycles. The van der Waals surface area contributed by atoms with Gasteiger partial charge in [0.2, 0.25) is 21.9 Å². The van der Waals surface area contributed by atoms with Crippen molar-refractivity contribution >= 4 is 27.8 Å². The lowest BCUT2D eigenvalue weighted by Crippen LogP contribution is -2.38. The van der Waals surface area contributed by atoms with E-state index in [1.165, 1.54) is 18.6 Å². The Labute approximate surface area is 325 Å². The minimum atomic E-state index is -3.85. The van der Waals surface area contributed by atoms with Gasteiger partial charge in [-0.3, -0.25) is 14.2 Å². The van der Waals surface area contributed by atoms with Gasteiger partial charge in [-0.25, -0.2) is 35.5 Å². The van der Waals surface area contributed by atoms with Gasteiger partial charge >= 0.3 is 0 Å². The van der Waals surface area contributed by atoms with Gasteiger partial charge in [-0.05, 0) is 87.8 Å². The Kier molecular flexibility index (Phi) is 10.7. The van der Waals surface area contributed by atoms with Crippen molar-refractivity contribution in [3.8, 4) is 11.8 Å². The summed E-state index contributed by atoms with van der Waals surface area (Å²) >= 11 is 0. The zero-order chi connectivity index (χ0) is 41.8. The summed E-state index contributed by atoms with van der Waals surface area (Å²) in [5.74, 6) is -0.963. The van der Waals surface area contributed by atoms with Crippen LogP contribution in [0.1, 0.15) is 111 Å². The number of anilines is 1. The molecule has 304 valence electrons. The summed E-state index contributed by atoms with van der Waals surface area (Å²) < 4.78 is 122. The monoisotopic (exact) mass is 818 g/mol. The van der Waals surface area contributed by atoms with E-state index in [9.17, 15) is 30.8 Å². The quantitative estimate of drug-likeness (QED) is 0.126. The van der Waals surface area contributed by atoms with Gasteiger partial charge in [-0.15, -0.1) is 10.2 Å². The first-order valence-electron chi connectivity index (χ1n) is 17.7. The largest absolute Gasteiger partial charge is 0.482 e. The Morgan fingerprint density at radius 1 is 1.11 bits per heavy atom. The molecule has 0 saturated carbocycles. The second-order valence-corrected chi connectivity index (χ2v) is 17.2. The fraction of sp³-hybridized carbons (Fsp3) is 0.447. The summed E-state index contributed by atoms with van der Waals surface area (Å²) in [6.07, 6.45) is -1.47. The normalized spacial score (nSPS) is 19.3. The van der Waals surface area contributed by atoms with Gasteiger partial charge in [0.25, 0.3) is 12.3 Å². The molecule has 3 atom stereocenters. The summed E-state index contributed by atoms with van der Waals surface area (Å²) in [5, 5.41) is 14.9. The van der Waals surface area contributed by atoms with E-state index in [2.05, 4.69) is 37.2 Å². The lowest BCUT2D eigenvalue weighted by atomic mass is 9.75. The number of alkyl halides is 4. The Morgan fingerprint density at radius 3 is 2.40 bits per heavy atom. The van der Waals surface area contributed by atoms with E-state index in [0.717, 1.165) is 18.4 Å². The van der Waals surface area contributed by atoms with Crippen LogP contribution in [-0.2, 0) is 43.9 Å². The number of nitrogens with zero attached hydrogens (tertiary/aromatic N) is 6. The van der Waals surface area contributed by atoms with E-state index in [1.54, 1.807) is 25.1 Å². The predicted molar refractivity (Wildman–Crippen MR) is 196 cm³/mol. The molecule has 4 heterocycles. The average Bonchev–Trinajstić information content (AvgIpc) is 3.75. The van der Waals surface area contributed by atoms with Crippen LogP contribution in [0.5, 0.6) is 0 Å². The number of carbonyl (C=O) groups excluding carboxylic acids is 1. The van der Waals surface area contributed by atoms with Crippen LogP contribution in [0.25, 0.3) is 5.88 Å². The summed E-state index contributed by atoms with van der Waals surface area (Å²) in [6.45, 7) is 7.87. The van der Waals surface area contributed by atoms with Crippen LogP contribution in [0.2, 0.25) is 0 Å². The molecule has 0 radical (unpaired) electrons. The number of carbonyl (C=O) groups is 1. The van der Waals surface area contributed by atoms with Crippen LogP contribution in [0.3, 0.4) is 0 Å². The number of fused-ring (bicyclic) bond motifs is 2. The number of methoxy groups -OCH3 is 1. The number of aromatic nitrogens is 6. The molecule has 6 rings (SSSR count). The molecule has 19 heteroatoms. The number of allylic oxidation sites excluding steroid dienone is 1. The lowest BCUT2D eigenvalue weighted by Gasteiger charge is -2.35. The SMILES string of the molecule is COC1=CCC(C)(c2ccc(C#CC(C)(C)C)nc2[C@H](Cc2cc(F)cc(F)c2)NC(=O)Cn2nc(C(F)F)c3c2C(F)(F)C[C@@H]3C)c2nnc(NS(C)(=O)=O)n21. The molecule has 2 N–H and O–H groups in total. The molecular weight excluding hydrogens is 779 g/mol. The number of sulfonamides is 1. The summed E-state index contributed by atoms with van der Waals surface area (Å²) in [4.78, 5) is 18.8. The molecule has 1 amide bonds. The number of pyridine rings is 1. The van der Waals surface area contributed by atoms with Crippen LogP contribution in [0.4, 0.5) is 32.3 Å². The van der Waals surface area contributed by atoms with E-state index in [1.807, 2.05) is 20.8 Å². The van der Waals surface area contributed by atoms with Gasteiger partial charge in [0.05, 0.1) is 30.5 Å². The van der Waals surface area contributed by atoms with E-state index in [-0.39, 0.29) is 53.0 Å². The molecule has 2 aliphatic rings. The fourth-order valence-corrected chi connectivity index (χ4v) is 7.73. The first kappa shape index (κ1) is 41.3. The lowest BCUT2D eigenvalue weighted by molar-refractivity contribution is -0.122. The van der Waals surface area contributed by atoms with E-state index in [0.29, 0.717) is 16.3 Å². The molecule has 1 unspecified atom stereocenters. The molecule has 57 heavy (non-hydrogen) atoms. The first-order chi connectivity index (χ1) is 26.5. The number of amides is 1. The second-order valence-electron chi connectivity index (χ2n) is 15.5. The Morgan fingerprint density at radius 2 is 1.79 bits per heavy atom. The molecule has 1 aromatic carbocycles. The standard InChI is InChI=1S/C38H40F6N8O4S/c1-20-18-38(43,44)32-29(20)31(33(41)42)49-51(32)19-27(53)46-26(16-21-14-22(39)17-23(40)15-21)30-25(9-8-24(45-30)10-12-36(2,3)4)37(5)13-11-28(56-6)52-34(37)47-48-35(52)50-57(7,54)55/h8-9,11,14-15,17,20,26,33H,13,16,18-19H2,1-7H3,(H,46,53)(H,48,50)/t20-,26-,37?/m0/s1. The molecule has 4 aromatic rings. The molecule has 0 spiro atoms. The molecule has 12 nitrogen and oxygen atoms in total. The first-order valence-corrected chi connectivity index (χ1v) is 19.6. The van der Waals surface area contributed by atoms with Crippen LogP contribution in [0.15, 0.2) is 36.4 Å². The van der Waals surface area contributed by atoms with E-state index in [4.69, 9.17) is 9.72 Å². The maximum absolute atomic E-state index is 15.2. The number of hydrogen-bond acceptors (Lipinski definition) is 8. The third-order valence-corrected chi connectivity index (χ3v) is 10.1. The number of halogens is 6. The van der Waals surface area contributed by atoms with Crippen molar-refractivity contribution in [3.63, 3.8) is 0 Å². The van der Waals surface area contributed by atoms with Gasteiger partial charge in [-0.2, -0.15) is 13.9 Å². The summed E-state index contributed by atoms with van der Waals surface area (Å²) in [6, 6.07) is 4.80. The predicted octanol–water partition coefficient (Wildman–Crippen LogP) is 6.71. The minimum absolute atomic E-state index is 0.0789. The molecule has 0 saturated heterocycles. The number of benzene rings is 1. The van der Waals surface area contributed by atoms with E-state index >= 15 is 8.78 Å². The van der Waals surface area contributed by atoms with Crippen molar-refractivity contribution in [3.05, 3.63) is 93.3 Å². The van der Waals surface area contributed by atoms with Crippen LogP contribution in [-0.4, -0.2) is 57.2 Å². The highest BCUT2D eigenvalue weighted by Gasteiger charge is 2.50. The summed E-state index contributed by atoms with van der Waals surface area (Å²) in [5.41, 5.74) is -2.80.